The summed E-state index contributed by atoms with van der Waals surface area (Å²) in [5, 5.41) is 0. The average Bonchev–Trinajstić information content (AvgIpc) is 2.54. The van der Waals surface area contributed by atoms with Crippen LogP contribution in [0, 0.1) is 12.8 Å². The van der Waals surface area contributed by atoms with Gasteiger partial charge in [-0.2, -0.15) is 0 Å². The van der Waals surface area contributed by atoms with Gasteiger partial charge in [0.15, 0.2) is 0 Å². The fourth-order valence-corrected chi connectivity index (χ4v) is 2.65. The summed E-state index contributed by atoms with van der Waals surface area (Å²) in [6.45, 7) is 6.75. The third-order valence-corrected chi connectivity index (χ3v) is 3.89. The maximum atomic E-state index is 5.83. The van der Waals surface area contributed by atoms with E-state index in [4.69, 9.17) is 11.6 Å². The highest BCUT2D eigenvalue weighted by molar-refractivity contribution is 6.17. The fraction of sp³-hybridized carbons (Fsp3) is 0.643. The van der Waals surface area contributed by atoms with E-state index in [0.717, 1.165) is 30.4 Å². The van der Waals surface area contributed by atoms with Gasteiger partial charge in [-0.1, -0.05) is 6.92 Å². The molecule has 94 valence electrons. The van der Waals surface area contributed by atoms with Gasteiger partial charge >= 0.3 is 0 Å². The number of nitrogens with zero attached hydrogens (tertiary/aromatic N) is 2. The monoisotopic (exact) mass is 252 g/mol. The maximum Gasteiger partial charge on any atom is 0.131 e. The minimum atomic E-state index is 0.547. The highest BCUT2D eigenvalue weighted by Gasteiger charge is 2.16. The Bertz CT molecular complexity index is 378. The molecule has 1 unspecified atom stereocenters. The molecule has 1 fully saturated rings. The molecule has 2 rings (SSSR count). The van der Waals surface area contributed by atoms with Gasteiger partial charge in [0.2, 0.25) is 0 Å². The number of hydrogen-bond acceptors (Lipinski definition) is 2. The first-order chi connectivity index (χ1) is 8.20. The molecule has 0 amide bonds. The number of pyridine rings is 1. The van der Waals surface area contributed by atoms with Crippen molar-refractivity contribution >= 4 is 17.4 Å². The second-order valence-electron chi connectivity index (χ2n) is 5.14. The summed E-state index contributed by atoms with van der Waals surface area (Å²) in [5.74, 6) is 2.54. The number of alkyl halides is 1. The molecule has 0 N–H and O–H groups in total. The van der Waals surface area contributed by atoms with Crippen LogP contribution in [-0.4, -0.2) is 18.1 Å². The Balaban J connectivity index is 2.15. The number of anilines is 1. The van der Waals surface area contributed by atoms with Crippen molar-refractivity contribution in [3.05, 3.63) is 23.4 Å². The van der Waals surface area contributed by atoms with Crippen LogP contribution < -0.4 is 4.90 Å². The van der Waals surface area contributed by atoms with Gasteiger partial charge in [-0.3, -0.25) is 0 Å². The molecule has 0 aromatic carbocycles. The smallest absolute Gasteiger partial charge is 0.131 e. The topological polar surface area (TPSA) is 16.1 Å². The van der Waals surface area contributed by atoms with E-state index >= 15 is 0 Å². The molecular weight excluding hydrogens is 232 g/mol. The summed E-state index contributed by atoms with van der Waals surface area (Å²) in [6.07, 6.45) is 5.80. The van der Waals surface area contributed by atoms with Gasteiger partial charge in [0, 0.05) is 25.2 Å². The highest BCUT2D eigenvalue weighted by Crippen LogP contribution is 2.24. The van der Waals surface area contributed by atoms with Crippen molar-refractivity contribution in [1.29, 1.82) is 0 Å². The SMILES string of the molecule is Cc1cc(CCl)cnc1N1CCCC(C)CC1. The first-order valence-corrected chi connectivity index (χ1v) is 7.00. The Morgan fingerprint density at radius 1 is 1.41 bits per heavy atom. The van der Waals surface area contributed by atoms with E-state index < -0.39 is 0 Å². The molecule has 0 spiro atoms. The van der Waals surface area contributed by atoms with Gasteiger partial charge in [0.25, 0.3) is 0 Å². The van der Waals surface area contributed by atoms with Crippen molar-refractivity contribution in [3.63, 3.8) is 0 Å². The van der Waals surface area contributed by atoms with Gasteiger partial charge < -0.3 is 4.90 Å². The average molecular weight is 253 g/mol. The minimum absolute atomic E-state index is 0.547. The van der Waals surface area contributed by atoms with Crippen molar-refractivity contribution in [1.82, 2.24) is 4.98 Å². The van der Waals surface area contributed by atoms with Crippen LogP contribution in [0.5, 0.6) is 0 Å². The molecule has 0 aliphatic carbocycles. The summed E-state index contributed by atoms with van der Waals surface area (Å²) in [7, 11) is 0. The molecule has 1 aliphatic rings. The highest BCUT2D eigenvalue weighted by atomic mass is 35.5. The lowest BCUT2D eigenvalue weighted by Crippen LogP contribution is -2.26. The molecule has 2 nitrogen and oxygen atoms in total. The third kappa shape index (κ3) is 3.12. The predicted octanol–water partition coefficient (Wildman–Crippen LogP) is 3.76. The Morgan fingerprint density at radius 3 is 2.94 bits per heavy atom. The molecule has 0 radical (unpaired) electrons. The van der Waals surface area contributed by atoms with Crippen LogP contribution in [0.3, 0.4) is 0 Å². The standard InChI is InChI=1S/C14H21ClN2/c1-11-4-3-6-17(7-5-11)14-12(2)8-13(9-15)10-16-14/h8,10-11H,3-7,9H2,1-2H3. The van der Waals surface area contributed by atoms with Crippen molar-refractivity contribution in [3.8, 4) is 0 Å². The van der Waals surface area contributed by atoms with E-state index in [0.29, 0.717) is 5.88 Å². The Hall–Kier alpha value is -0.760. The van der Waals surface area contributed by atoms with E-state index in [1.807, 2.05) is 6.20 Å². The molecule has 1 aromatic heterocycles. The molecule has 1 atom stereocenters. The van der Waals surface area contributed by atoms with E-state index in [1.54, 1.807) is 0 Å². The lowest BCUT2D eigenvalue weighted by Gasteiger charge is -2.23. The van der Waals surface area contributed by atoms with E-state index in [-0.39, 0.29) is 0 Å². The van der Waals surface area contributed by atoms with E-state index in [9.17, 15) is 0 Å². The van der Waals surface area contributed by atoms with Crippen molar-refractivity contribution in [2.75, 3.05) is 18.0 Å². The Morgan fingerprint density at radius 2 is 2.24 bits per heavy atom. The summed E-state index contributed by atoms with van der Waals surface area (Å²) >= 11 is 5.83. The second kappa shape index (κ2) is 5.72. The maximum absolute atomic E-state index is 5.83. The summed E-state index contributed by atoms with van der Waals surface area (Å²) in [4.78, 5) is 7.01. The molecule has 0 bridgehead atoms. The van der Waals surface area contributed by atoms with E-state index in [1.165, 1.54) is 24.8 Å². The lowest BCUT2D eigenvalue weighted by atomic mass is 10.0. The molecule has 1 saturated heterocycles. The predicted molar refractivity (Wildman–Crippen MR) is 73.8 cm³/mol. The summed E-state index contributed by atoms with van der Waals surface area (Å²) in [5.41, 5.74) is 2.36. The van der Waals surface area contributed by atoms with Crippen LogP contribution in [0.15, 0.2) is 12.3 Å². The largest absolute Gasteiger partial charge is 0.356 e. The van der Waals surface area contributed by atoms with Gasteiger partial charge in [0.05, 0.1) is 0 Å². The molecule has 1 aliphatic heterocycles. The lowest BCUT2D eigenvalue weighted by molar-refractivity contribution is 0.521. The Labute approximate surface area is 109 Å². The zero-order valence-corrected chi connectivity index (χ0v) is 11.5. The quantitative estimate of drug-likeness (QED) is 0.746. The summed E-state index contributed by atoms with van der Waals surface area (Å²) in [6, 6.07) is 2.16. The van der Waals surface area contributed by atoms with Crippen LogP contribution in [0.2, 0.25) is 0 Å². The molecule has 0 saturated carbocycles. The molecule has 17 heavy (non-hydrogen) atoms. The zero-order valence-electron chi connectivity index (χ0n) is 10.7. The van der Waals surface area contributed by atoms with Crippen LogP contribution in [0.1, 0.15) is 37.3 Å². The van der Waals surface area contributed by atoms with Gasteiger partial charge in [-0.15, -0.1) is 11.6 Å². The number of halogens is 1. The third-order valence-electron chi connectivity index (χ3n) is 3.58. The first-order valence-electron chi connectivity index (χ1n) is 6.47. The molecular formula is C14H21ClN2. The molecule has 2 heterocycles. The van der Waals surface area contributed by atoms with Gasteiger partial charge in [-0.05, 0) is 49.3 Å². The zero-order chi connectivity index (χ0) is 12.3. The first kappa shape index (κ1) is 12.7. The van der Waals surface area contributed by atoms with Crippen LogP contribution >= 0.6 is 11.6 Å². The number of aromatic nitrogens is 1. The van der Waals surface area contributed by atoms with Crippen LogP contribution in [-0.2, 0) is 5.88 Å². The number of rotatable bonds is 2. The fourth-order valence-electron chi connectivity index (χ4n) is 2.50. The van der Waals surface area contributed by atoms with Crippen molar-refractivity contribution < 1.29 is 0 Å². The normalized spacial score (nSPS) is 21.4. The van der Waals surface area contributed by atoms with Crippen LogP contribution in [0.25, 0.3) is 0 Å². The molecule has 1 aromatic rings. The van der Waals surface area contributed by atoms with E-state index in [2.05, 4.69) is 29.8 Å². The van der Waals surface area contributed by atoms with Gasteiger partial charge in [-0.25, -0.2) is 4.98 Å². The van der Waals surface area contributed by atoms with Crippen LogP contribution in [0.4, 0.5) is 5.82 Å². The minimum Gasteiger partial charge on any atom is -0.356 e. The summed E-state index contributed by atoms with van der Waals surface area (Å²) < 4.78 is 0. The van der Waals surface area contributed by atoms with Gasteiger partial charge in [0.1, 0.15) is 5.82 Å². The van der Waals surface area contributed by atoms with Crippen molar-refractivity contribution in [2.24, 2.45) is 5.92 Å². The molecule has 3 heteroatoms. The number of aryl methyl sites for hydroxylation is 1. The number of hydrogen-bond donors (Lipinski definition) is 0. The second-order valence-corrected chi connectivity index (χ2v) is 5.41. The van der Waals surface area contributed by atoms with Crippen molar-refractivity contribution in [2.45, 2.75) is 39.0 Å². The Kier molecular flexibility index (Phi) is 4.27.